The molecule has 1 aromatic carbocycles. The van der Waals surface area contributed by atoms with Crippen LogP contribution >= 0.6 is 15.9 Å². The van der Waals surface area contributed by atoms with E-state index in [1.807, 2.05) is 13.0 Å². The van der Waals surface area contributed by atoms with Gasteiger partial charge in [0.1, 0.15) is 11.3 Å². The van der Waals surface area contributed by atoms with E-state index in [1.165, 1.54) is 12.1 Å². The predicted octanol–water partition coefficient (Wildman–Crippen LogP) is 4.93. The Kier molecular flexibility index (Phi) is 4.55. The number of aryl methyl sites for hydroxylation is 1. The van der Waals surface area contributed by atoms with Crippen molar-refractivity contribution in [1.29, 1.82) is 0 Å². The minimum atomic E-state index is -4.41. The lowest BCUT2D eigenvalue weighted by Crippen LogP contribution is -2.16. The van der Waals surface area contributed by atoms with Crippen LogP contribution < -0.4 is 5.32 Å². The summed E-state index contributed by atoms with van der Waals surface area (Å²) in [5.41, 5.74) is 1.11. The van der Waals surface area contributed by atoms with E-state index >= 15 is 0 Å². The molecule has 130 valence electrons. The lowest BCUT2D eigenvalue weighted by atomic mass is 10.2. The molecule has 0 saturated carbocycles. The van der Waals surface area contributed by atoms with E-state index in [2.05, 4.69) is 26.2 Å². The van der Waals surface area contributed by atoms with Gasteiger partial charge in [0.15, 0.2) is 0 Å². The molecule has 2 aromatic heterocycles. The first-order chi connectivity index (χ1) is 11.8. The van der Waals surface area contributed by atoms with E-state index in [4.69, 9.17) is 0 Å². The number of aromatic nitrogens is 2. The van der Waals surface area contributed by atoms with Crippen LogP contribution in [-0.2, 0) is 12.6 Å². The van der Waals surface area contributed by atoms with Crippen molar-refractivity contribution in [2.45, 2.75) is 19.5 Å². The summed E-state index contributed by atoms with van der Waals surface area (Å²) in [6, 6.07) is 7.91. The minimum absolute atomic E-state index is 0.282. The Morgan fingerprint density at radius 3 is 2.48 bits per heavy atom. The van der Waals surface area contributed by atoms with Crippen molar-refractivity contribution < 1.29 is 18.0 Å². The molecular formula is C17H13BrF3N3O. The molecule has 4 nitrogen and oxygen atoms in total. The van der Waals surface area contributed by atoms with Gasteiger partial charge in [0.05, 0.1) is 11.3 Å². The molecule has 0 unspecified atom stereocenters. The highest BCUT2D eigenvalue weighted by Crippen LogP contribution is 2.30. The van der Waals surface area contributed by atoms with Gasteiger partial charge in [0.2, 0.25) is 0 Å². The van der Waals surface area contributed by atoms with E-state index in [9.17, 15) is 18.0 Å². The summed E-state index contributed by atoms with van der Waals surface area (Å²) in [5, 5.41) is 2.63. The molecule has 0 bridgehead atoms. The molecule has 1 amide bonds. The summed E-state index contributed by atoms with van der Waals surface area (Å²) < 4.78 is 40.3. The first kappa shape index (κ1) is 17.5. The molecular weight excluding hydrogens is 399 g/mol. The number of imidazole rings is 1. The smallest absolute Gasteiger partial charge is 0.321 e. The molecule has 3 aromatic rings. The average molecular weight is 412 g/mol. The SMILES string of the molecule is CCc1nc2ccc(Br)cn2c1C(=O)Nc1ccc(C(F)(F)F)cc1. The van der Waals surface area contributed by atoms with Gasteiger partial charge in [0.25, 0.3) is 5.91 Å². The Bertz CT molecular complexity index is 933. The number of fused-ring (bicyclic) bond motifs is 1. The van der Waals surface area contributed by atoms with Gasteiger partial charge in [-0.3, -0.25) is 9.20 Å². The van der Waals surface area contributed by atoms with Crippen LogP contribution in [0.1, 0.15) is 28.7 Å². The van der Waals surface area contributed by atoms with Crippen molar-refractivity contribution in [2.75, 3.05) is 5.32 Å². The monoisotopic (exact) mass is 411 g/mol. The largest absolute Gasteiger partial charge is 0.416 e. The highest BCUT2D eigenvalue weighted by Gasteiger charge is 2.30. The van der Waals surface area contributed by atoms with Crippen LogP contribution in [0.25, 0.3) is 5.65 Å². The van der Waals surface area contributed by atoms with Gasteiger partial charge in [-0.25, -0.2) is 4.98 Å². The van der Waals surface area contributed by atoms with Crippen LogP contribution in [0.2, 0.25) is 0 Å². The number of halogens is 4. The fourth-order valence-electron chi connectivity index (χ4n) is 2.49. The predicted molar refractivity (Wildman–Crippen MR) is 91.7 cm³/mol. The van der Waals surface area contributed by atoms with E-state index < -0.39 is 17.6 Å². The van der Waals surface area contributed by atoms with Gasteiger partial charge in [0, 0.05) is 16.4 Å². The number of carbonyl (C=O) groups is 1. The molecule has 25 heavy (non-hydrogen) atoms. The molecule has 0 aliphatic rings. The topological polar surface area (TPSA) is 46.4 Å². The quantitative estimate of drug-likeness (QED) is 0.663. The Morgan fingerprint density at radius 2 is 1.88 bits per heavy atom. The molecule has 0 aliphatic carbocycles. The number of pyridine rings is 1. The number of carbonyl (C=O) groups excluding carboxylic acids is 1. The van der Waals surface area contributed by atoms with E-state index in [0.29, 0.717) is 23.5 Å². The molecule has 3 rings (SSSR count). The normalized spacial score (nSPS) is 11.7. The Hall–Kier alpha value is -2.35. The first-order valence-electron chi connectivity index (χ1n) is 7.44. The maximum atomic E-state index is 12.7. The molecule has 0 spiro atoms. The number of hydrogen-bond donors (Lipinski definition) is 1. The zero-order valence-electron chi connectivity index (χ0n) is 13.1. The number of anilines is 1. The molecule has 0 aliphatic heterocycles. The molecule has 0 fully saturated rings. The number of alkyl halides is 3. The number of rotatable bonds is 3. The number of nitrogens with one attached hydrogen (secondary N) is 1. The van der Waals surface area contributed by atoms with E-state index in [1.54, 1.807) is 16.7 Å². The first-order valence-corrected chi connectivity index (χ1v) is 8.24. The standard InChI is InChI=1S/C17H13BrF3N3O/c1-2-13-15(24-9-11(18)5-8-14(24)23-13)16(25)22-12-6-3-10(4-7-12)17(19,20)21/h3-9H,2H2,1H3,(H,22,25). The van der Waals surface area contributed by atoms with Gasteiger partial charge in [-0.05, 0) is 58.7 Å². The fourth-order valence-corrected chi connectivity index (χ4v) is 2.82. The Labute approximate surface area is 149 Å². The molecule has 0 radical (unpaired) electrons. The summed E-state index contributed by atoms with van der Waals surface area (Å²) in [6.45, 7) is 1.88. The number of nitrogens with zero attached hydrogens (tertiary/aromatic N) is 2. The van der Waals surface area contributed by atoms with Crippen molar-refractivity contribution >= 4 is 33.2 Å². The highest BCUT2D eigenvalue weighted by molar-refractivity contribution is 9.10. The van der Waals surface area contributed by atoms with Crippen LogP contribution in [0, 0.1) is 0 Å². The Morgan fingerprint density at radius 1 is 1.20 bits per heavy atom. The molecule has 0 saturated heterocycles. The maximum Gasteiger partial charge on any atom is 0.416 e. The second-order valence-corrected chi connectivity index (χ2v) is 6.28. The second-order valence-electron chi connectivity index (χ2n) is 5.37. The second kappa shape index (κ2) is 6.51. The van der Waals surface area contributed by atoms with Gasteiger partial charge in [-0.15, -0.1) is 0 Å². The van der Waals surface area contributed by atoms with Gasteiger partial charge < -0.3 is 5.32 Å². The molecule has 1 N–H and O–H groups in total. The molecule has 8 heteroatoms. The van der Waals surface area contributed by atoms with Crippen LogP contribution in [0.5, 0.6) is 0 Å². The minimum Gasteiger partial charge on any atom is -0.321 e. The van der Waals surface area contributed by atoms with Crippen molar-refractivity contribution in [1.82, 2.24) is 9.38 Å². The van der Waals surface area contributed by atoms with Crippen molar-refractivity contribution in [3.63, 3.8) is 0 Å². The third-order valence-electron chi connectivity index (χ3n) is 3.67. The van der Waals surface area contributed by atoms with Crippen molar-refractivity contribution in [3.05, 3.63) is 64.0 Å². The average Bonchev–Trinajstić information content (AvgIpc) is 2.92. The number of benzene rings is 1. The van der Waals surface area contributed by atoms with Crippen LogP contribution in [0.4, 0.5) is 18.9 Å². The summed E-state index contributed by atoms with van der Waals surface area (Å²) in [5.74, 6) is -0.429. The fraction of sp³-hybridized carbons (Fsp3) is 0.176. The summed E-state index contributed by atoms with van der Waals surface area (Å²) in [6.07, 6.45) is -2.13. The number of amides is 1. The van der Waals surface area contributed by atoms with Crippen LogP contribution in [-0.4, -0.2) is 15.3 Å². The van der Waals surface area contributed by atoms with Crippen molar-refractivity contribution in [2.24, 2.45) is 0 Å². The zero-order chi connectivity index (χ0) is 18.2. The molecule has 2 heterocycles. The summed E-state index contributed by atoms with van der Waals surface area (Å²) in [4.78, 5) is 17.1. The summed E-state index contributed by atoms with van der Waals surface area (Å²) >= 11 is 3.35. The van der Waals surface area contributed by atoms with E-state index in [0.717, 1.165) is 16.6 Å². The Balaban J connectivity index is 1.93. The van der Waals surface area contributed by atoms with Gasteiger partial charge >= 0.3 is 6.18 Å². The van der Waals surface area contributed by atoms with Gasteiger partial charge in [-0.1, -0.05) is 6.92 Å². The summed E-state index contributed by atoms with van der Waals surface area (Å²) in [7, 11) is 0. The third kappa shape index (κ3) is 3.53. The third-order valence-corrected chi connectivity index (χ3v) is 4.14. The number of hydrogen-bond acceptors (Lipinski definition) is 2. The highest BCUT2D eigenvalue weighted by atomic mass is 79.9. The molecule has 0 atom stereocenters. The van der Waals surface area contributed by atoms with Crippen LogP contribution in [0.3, 0.4) is 0 Å². The van der Waals surface area contributed by atoms with E-state index in [-0.39, 0.29) is 5.69 Å². The van der Waals surface area contributed by atoms with Crippen LogP contribution in [0.15, 0.2) is 47.1 Å². The lowest BCUT2D eigenvalue weighted by Gasteiger charge is -2.09. The zero-order valence-corrected chi connectivity index (χ0v) is 14.6. The van der Waals surface area contributed by atoms with Gasteiger partial charge in [-0.2, -0.15) is 13.2 Å². The lowest BCUT2D eigenvalue weighted by molar-refractivity contribution is -0.137. The maximum absolute atomic E-state index is 12.7. The van der Waals surface area contributed by atoms with Crippen molar-refractivity contribution in [3.8, 4) is 0 Å².